The second-order valence-corrected chi connectivity index (χ2v) is 4.95. The normalized spacial score (nSPS) is 10.1. The molecular formula is C17H20N2O5. The van der Waals surface area contributed by atoms with Crippen molar-refractivity contribution in [3.05, 3.63) is 42.4 Å². The van der Waals surface area contributed by atoms with Gasteiger partial charge in [0.2, 0.25) is 5.91 Å². The molecule has 1 aromatic heterocycles. The zero-order chi connectivity index (χ0) is 17.4. The third kappa shape index (κ3) is 4.77. The van der Waals surface area contributed by atoms with Crippen LogP contribution >= 0.6 is 0 Å². The Morgan fingerprint density at radius 2 is 2.00 bits per heavy atom. The number of carbonyl (C=O) groups is 2. The summed E-state index contributed by atoms with van der Waals surface area (Å²) in [5.74, 6) is 0.955. The first-order valence-electron chi connectivity index (χ1n) is 7.47. The van der Waals surface area contributed by atoms with Gasteiger partial charge in [0.15, 0.2) is 5.76 Å². The number of carbonyl (C=O) groups excluding carboxylic acids is 2. The molecular weight excluding hydrogens is 312 g/mol. The van der Waals surface area contributed by atoms with Crippen LogP contribution in [0.2, 0.25) is 0 Å². The van der Waals surface area contributed by atoms with Gasteiger partial charge in [-0.2, -0.15) is 0 Å². The first-order chi connectivity index (χ1) is 11.6. The molecule has 0 aliphatic carbocycles. The van der Waals surface area contributed by atoms with E-state index in [1.807, 2.05) is 0 Å². The van der Waals surface area contributed by atoms with Crippen molar-refractivity contribution in [1.29, 1.82) is 0 Å². The zero-order valence-corrected chi connectivity index (χ0v) is 13.6. The van der Waals surface area contributed by atoms with Gasteiger partial charge in [-0.3, -0.25) is 9.59 Å². The van der Waals surface area contributed by atoms with Gasteiger partial charge in [-0.15, -0.1) is 0 Å². The molecule has 0 saturated heterocycles. The monoisotopic (exact) mass is 332 g/mol. The van der Waals surface area contributed by atoms with E-state index >= 15 is 0 Å². The fourth-order valence-corrected chi connectivity index (χ4v) is 2.07. The molecule has 24 heavy (non-hydrogen) atoms. The Morgan fingerprint density at radius 1 is 1.17 bits per heavy atom. The number of amides is 2. The third-order valence-electron chi connectivity index (χ3n) is 3.29. The molecule has 0 unspecified atom stereocenters. The average Bonchev–Trinajstić information content (AvgIpc) is 3.13. The Morgan fingerprint density at radius 3 is 2.67 bits per heavy atom. The number of methoxy groups -OCH3 is 2. The van der Waals surface area contributed by atoms with Gasteiger partial charge in [-0.1, -0.05) is 0 Å². The smallest absolute Gasteiger partial charge is 0.286 e. The Kier molecular flexibility index (Phi) is 6.24. The van der Waals surface area contributed by atoms with Crippen molar-refractivity contribution in [2.75, 3.05) is 26.1 Å². The fourth-order valence-electron chi connectivity index (χ4n) is 2.07. The molecule has 0 fully saturated rings. The van der Waals surface area contributed by atoms with E-state index in [9.17, 15) is 9.59 Å². The minimum absolute atomic E-state index is 0.172. The molecule has 0 saturated carbocycles. The van der Waals surface area contributed by atoms with Crippen LogP contribution < -0.4 is 20.1 Å². The number of furan rings is 1. The number of rotatable bonds is 8. The highest BCUT2D eigenvalue weighted by Gasteiger charge is 2.10. The summed E-state index contributed by atoms with van der Waals surface area (Å²) in [4.78, 5) is 23.7. The lowest BCUT2D eigenvalue weighted by Gasteiger charge is -2.11. The van der Waals surface area contributed by atoms with E-state index in [1.54, 1.807) is 37.4 Å². The molecule has 0 bridgehead atoms. The molecule has 0 radical (unpaired) electrons. The van der Waals surface area contributed by atoms with E-state index in [2.05, 4.69) is 10.6 Å². The molecule has 2 amide bonds. The first kappa shape index (κ1) is 17.4. The van der Waals surface area contributed by atoms with Crippen LogP contribution in [0.5, 0.6) is 11.5 Å². The Hall–Kier alpha value is -2.96. The highest BCUT2D eigenvalue weighted by molar-refractivity contribution is 5.93. The third-order valence-corrected chi connectivity index (χ3v) is 3.29. The molecule has 7 nitrogen and oxygen atoms in total. The molecule has 2 rings (SSSR count). The summed E-state index contributed by atoms with van der Waals surface area (Å²) in [5, 5.41) is 5.46. The number of benzene rings is 1. The van der Waals surface area contributed by atoms with Crippen LogP contribution in [0.3, 0.4) is 0 Å². The maximum Gasteiger partial charge on any atom is 0.286 e. The quantitative estimate of drug-likeness (QED) is 0.725. The van der Waals surface area contributed by atoms with E-state index in [4.69, 9.17) is 13.9 Å². The maximum atomic E-state index is 12.0. The van der Waals surface area contributed by atoms with Crippen LogP contribution in [0, 0.1) is 0 Å². The van der Waals surface area contributed by atoms with Gasteiger partial charge < -0.3 is 24.5 Å². The van der Waals surface area contributed by atoms with Crippen LogP contribution in [0.25, 0.3) is 0 Å². The van der Waals surface area contributed by atoms with Crippen molar-refractivity contribution in [3.8, 4) is 11.5 Å². The fraction of sp³-hybridized carbons (Fsp3) is 0.294. The van der Waals surface area contributed by atoms with Gasteiger partial charge >= 0.3 is 0 Å². The number of hydrogen-bond donors (Lipinski definition) is 2. The van der Waals surface area contributed by atoms with E-state index in [0.29, 0.717) is 30.2 Å². The van der Waals surface area contributed by atoms with Crippen LogP contribution in [-0.4, -0.2) is 32.6 Å². The topological polar surface area (TPSA) is 89.8 Å². The molecule has 2 N–H and O–H groups in total. The van der Waals surface area contributed by atoms with Gasteiger partial charge in [0.1, 0.15) is 11.5 Å². The minimum Gasteiger partial charge on any atom is -0.497 e. The summed E-state index contributed by atoms with van der Waals surface area (Å²) in [6, 6.07) is 8.38. The van der Waals surface area contributed by atoms with Gasteiger partial charge in [-0.05, 0) is 30.7 Å². The number of hydrogen-bond acceptors (Lipinski definition) is 5. The number of anilines is 1. The second kappa shape index (κ2) is 8.61. The van der Waals surface area contributed by atoms with Gasteiger partial charge in [0.25, 0.3) is 5.91 Å². The Labute approximate surface area is 139 Å². The molecule has 0 aliphatic rings. The summed E-state index contributed by atoms with van der Waals surface area (Å²) in [6.45, 7) is 0.377. The van der Waals surface area contributed by atoms with Crippen LogP contribution in [0.4, 0.5) is 5.69 Å². The molecule has 0 atom stereocenters. The van der Waals surface area contributed by atoms with Gasteiger partial charge in [0, 0.05) is 19.0 Å². The molecule has 0 aliphatic heterocycles. The first-order valence-corrected chi connectivity index (χ1v) is 7.47. The maximum absolute atomic E-state index is 12.0. The standard InChI is InChI=1S/C17H20N2O5/c1-22-12-7-8-14(23-2)13(11-12)19-16(20)6-3-9-18-17(21)15-5-4-10-24-15/h4-5,7-8,10-11H,3,6,9H2,1-2H3,(H,18,21)(H,19,20). The predicted molar refractivity (Wildman–Crippen MR) is 88.5 cm³/mol. The highest BCUT2D eigenvalue weighted by atomic mass is 16.5. The lowest BCUT2D eigenvalue weighted by atomic mass is 10.2. The van der Waals surface area contributed by atoms with Crippen LogP contribution in [0.15, 0.2) is 41.0 Å². The minimum atomic E-state index is -0.296. The van der Waals surface area contributed by atoms with Crippen molar-refractivity contribution >= 4 is 17.5 Å². The summed E-state index contributed by atoms with van der Waals surface area (Å²) in [5.41, 5.74) is 0.543. The average molecular weight is 332 g/mol. The van der Waals surface area contributed by atoms with Crippen LogP contribution in [-0.2, 0) is 4.79 Å². The van der Waals surface area contributed by atoms with Gasteiger partial charge in [-0.25, -0.2) is 0 Å². The molecule has 2 aromatic rings. The van der Waals surface area contributed by atoms with Crippen LogP contribution in [0.1, 0.15) is 23.4 Å². The van der Waals surface area contributed by atoms with Crippen molar-refractivity contribution in [1.82, 2.24) is 5.32 Å². The SMILES string of the molecule is COc1ccc(OC)c(NC(=O)CCCNC(=O)c2ccco2)c1. The molecule has 1 heterocycles. The Bertz CT molecular complexity index is 682. The van der Waals surface area contributed by atoms with E-state index in [0.717, 1.165) is 0 Å². The summed E-state index contributed by atoms with van der Waals surface area (Å²) in [7, 11) is 3.08. The van der Waals surface area contributed by atoms with E-state index < -0.39 is 0 Å². The predicted octanol–water partition coefficient (Wildman–Crippen LogP) is 2.45. The highest BCUT2D eigenvalue weighted by Crippen LogP contribution is 2.28. The van der Waals surface area contributed by atoms with E-state index in [-0.39, 0.29) is 24.0 Å². The molecule has 7 heteroatoms. The zero-order valence-electron chi connectivity index (χ0n) is 13.6. The summed E-state index contributed by atoms with van der Waals surface area (Å²) >= 11 is 0. The number of ether oxygens (including phenoxy) is 2. The second-order valence-electron chi connectivity index (χ2n) is 4.95. The Balaban J connectivity index is 1.78. The number of nitrogens with one attached hydrogen (secondary N) is 2. The lowest BCUT2D eigenvalue weighted by Crippen LogP contribution is -2.25. The summed E-state index contributed by atoms with van der Waals surface area (Å²) in [6.07, 6.45) is 2.20. The largest absolute Gasteiger partial charge is 0.497 e. The van der Waals surface area contributed by atoms with Crippen molar-refractivity contribution < 1.29 is 23.5 Å². The summed E-state index contributed by atoms with van der Waals surface area (Å²) < 4.78 is 15.3. The van der Waals surface area contributed by atoms with Crippen molar-refractivity contribution in [2.45, 2.75) is 12.8 Å². The molecule has 1 aromatic carbocycles. The van der Waals surface area contributed by atoms with Crippen molar-refractivity contribution in [2.24, 2.45) is 0 Å². The molecule has 128 valence electrons. The van der Waals surface area contributed by atoms with Crippen molar-refractivity contribution in [3.63, 3.8) is 0 Å². The van der Waals surface area contributed by atoms with E-state index in [1.165, 1.54) is 13.4 Å². The molecule has 0 spiro atoms. The lowest BCUT2D eigenvalue weighted by molar-refractivity contribution is -0.116. The van der Waals surface area contributed by atoms with Gasteiger partial charge in [0.05, 0.1) is 26.2 Å².